The van der Waals surface area contributed by atoms with Crippen molar-refractivity contribution in [3.8, 4) is 11.4 Å². The Morgan fingerprint density at radius 1 is 1.16 bits per heavy atom. The fourth-order valence-corrected chi connectivity index (χ4v) is 2.74. The monoisotopic (exact) mass is 253 g/mol. The Bertz CT molecular complexity index is 551. The van der Waals surface area contributed by atoms with E-state index in [0.29, 0.717) is 6.04 Å². The highest BCUT2D eigenvalue weighted by molar-refractivity contribution is 5.54. The van der Waals surface area contributed by atoms with E-state index < -0.39 is 0 Å². The van der Waals surface area contributed by atoms with Crippen LogP contribution in [0.25, 0.3) is 11.4 Å². The van der Waals surface area contributed by atoms with Crippen molar-refractivity contribution < 1.29 is 0 Å². The van der Waals surface area contributed by atoms with E-state index in [1.54, 1.807) is 0 Å². The topological polar surface area (TPSA) is 37.8 Å². The van der Waals surface area contributed by atoms with Crippen molar-refractivity contribution in [3.05, 3.63) is 47.8 Å². The van der Waals surface area contributed by atoms with Crippen molar-refractivity contribution in [2.45, 2.75) is 31.7 Å². The van der Waals surface area contributed by atoms with Gasteiger partial charge in [0.2, 0.25) is 0 Å². The van der Waals surface area contributed by atoms with Gasteiger partial charge in [0.1, 0.15) is 0 Å². The van der Waals surface area contributed by atoms with Crippen LogP contribution in [0.2, 0.25) is 0 Å². The zero-order valence-corrected chi connectivity index (χ0v) is 11.3. The van der Waals surface area contributed by atoms with Crippen molar-refractivity contribution in [1.29, 1.82) is 0 Å². The summed E-state index contributed by atoms with van der Waals surface area (Å²) in [7, 11) is 2.02. The van der Waals surface area contributed by atoms with E-state index in [1.807, 2.05) is 31.4 Å². The molecule has 0 amide bonds. The number of fused-ring (bicyclic) bond motifs is 1. The molecule has 3 heteroatoms. The summed E-state index contributed by atoms with van der Waals surface area (Å²) >= 11 is 0. The maximum Gasteiger partial charge on any atom is 0.159 e. The second kappa shape index (κ2) is 5.49. The van der Waals surface area contributed by atoms with Gasteiger partial charge in [-0.15, -0.1) is 0 Å². The molecule has 0 spiro atoms. The summed E-state index contributed by atoms with van der Waals surface area (Å²) < 4.78 is 0. The smallest absolute Gasteiger partial charge is 0.159 e. The van der Waals surface area contributed by atoms with Crippen molar-refractivity contribution in [1.82, 2.24) is 15.3 Å². The predicted molar refractivity (Wildman–Crippen MR) is 76.8 cm³/mol. The predicted octanol–water partition coefficient (Wildman–Crippen LogP) is 3.13. The summed E-state index contributed by atoms with van der Waals surface area (Å²) in [6.45, 7) is 0. The third kappa shape index (κ3) is 2.51. The second-order valence-corrected chi connectivity index (χ2v) is 5.05. The van der Waals surface area contributed by atoms with Crippen LogP contribution in [-0.2, 0) is 6.42 Å². The third-order valence-electron chi connectivity index (χ3n) is 3.81. The molecule has 0 bridgehead atoms. The number of rotatable bonds is 2. The maximum absolute atomic E-state index is 4.79. The molecule has 1 atom stereocenters. The molecule has 0 saturated carbocycles. The average Bonchev–Trinajstić information content (AvgIpc) is 2.69. The molecule has 0 radical (unpaired) electrons. The first-order valence-corrected chi connectivity index (χ1v) is 6.97. The molecule has 3 rings (SSSR count). The first-order chi connectivity index (χ1) is 9.38. The number of nitrogens with zero attached hydrogens (tertiary/aromatic N) is 2. The molecule has 0 fully saturated rings. The zero-order valence-electron chi connectivity index (χ0n) is 11.3. The lowest BCUT2D eigenvalue weighted by Crippen LogP contribution is -2.17. The lowest BCUT2D eigenvalue weighted by molar-refractivity contribution is 0.532. The zero-order chi connectivity index (χ0) is 13.1. The van der Waals surface area contributed by atoms with Crippen molar-refractivity contribution in [3.63, 3.8) is 0 Å². The molecule has 1 heterocycles. The fourth-order valence-electron chi connectivity index (χ4n) is 2.74. The van der Waals surface area contributed by atoms with Crippen LogP contribution < -0.4 is 5.32 Å². The maximum atomic E-state index is 4.79. The highest BCUT2D eigenvalue weighted by atomic mass is 14.9. The van der Waals surface area contributed by atoms with Crippen molar-refractivity contribution in [2.24, 2.45) is 0 Å². The largest absolute Gasteiger partial charge is 0.313 e. The SMILES string of the molecule is CNC1CCCCc2nc(-c3ccccc3)ncc21. The quantitative estimate of drug-likeness (QED) is 0.836. The molecule has 1 aliphatic rings. The Morgan fingerprint density at radius 2 is 2.00 bits per heavy atom. The first-order valence-electron chi connectivity index (χ1n) is 6.97. The van der Waals surface area contributed by atoms with Gasteiger partial charge in [0.05, 0.1) is 0 Å². The molecule has 0 aliphatic heterocycles. The fraction of sp³-hybridized carbons (Fsp3) is 0.375. The van der Waals surface area contributed by atoms with E-state index in [4.69, 9.17) is 4.98 Å². The van der Waals surface area contributed by atoms with Crippen LogP contribution in [0.4, 0.5) is 0 Å². The highest BCUT2D eigenvalue weighted by Crippen LogP contribution is 2.28. The number of aromatic nitrogens is 2. The molecule has 98 valence electrons. The number of nitrogens with one attached hydrogen (secondary N) is 1. The Balaban J connectivity index is 2.01. The van der Waals surface area contributed by atoms with E-state index in [2.05, 4.69) is 22.4 Å². The molecule has 2 aromatic rings. The van der Waals surface area contributed by atoms with Crippen LogP contribution in [0.15, 0.2) is 36.5 Å². The third-order valence-corrected chi connectivity index (χ3v) is 3.81. The van der Waals surface area contributed by atoms with Gasteiger partial charge >= 0.3 is 0 Å². The molecule has 1 aliphatic carbocycles. The van der Waals surface area contributed by atoms with Gasteiger partial charge in [-0.1, -0.05) is 36.8 Å². The number of hydrogen-bond acceptors (Lipinski definition) is 3. The number of benzene rings is 1. The average molecular weight is 253 g/mol. The van der Waals surface area contributed by atoms with Crippen molar-refractivity contribution >= 4 is 0 Å². The molecule has 1 aromatic carbocycles. The van der Waals surface area contributed by atoms with Crippen LogP contribution in [0.1, 0.15) is 36.6 Å². The van der Waals surface area contributed by atoms with Crippen LogP contribution in [-0.4, -0.2) is 17.0 Å². The van der Waals surface area contributed by atoms with Crippen LogP contribution in [0.5, 0.6) is 0 Å². The second-order valence-electron chi connectivity index (χ2n) is 5.05. The summed E-state index contributed by atoms with van der Waals surface area (Å²) in [6, 6.07) is 10.6. The lowest BCUT2D eigenvalue weighted by atomic mass is 10.1. The molecule has 1 unspecified atom stereocenters. The summed E-state index contributed by atoms with van der Waals surface area (Å²) in [5, 5.41) is 3.38. The summed E-state index contributed by atoms with van der Waals surface area (Å²) in [4.78, 5) is 9.34. The standard InChI is InChI=1S/C16H19N3/c1-17-14-9-5-6-10-15-13(14)11-18-16(19-15)12-7-3-2-4-8-12/h2-4,7-8,11,14,17H,5-6,9-10H2,1H3. The van der Waals surface area contributed by atoms with E-state index in [-0.39, 0.29) is 0 Å². The lowest BCUT2D eigenvalue weighted by Gasteiger charge is -2.16. The molecule has 1 aromatic heterocycles. The van der Waals surface area contributed by atoms with E-state index in [0.717, 1.165) is 17.8 Å². The minimum Gasteiger partial charge on any atom is -0.313 e. The molecule has 3 nitrogen and oxygen atoms in total. The van der Waals surface area contributed by atoms with Gasteiger partial charge in [-0.05, 0) is 26.3 Å². The number of aryl methyl sites for hydroxylation is 1. The van der Waals surface area contributed by atoms with Crippen LogP contribution in [0.3, 0.4) is 0 Å². The van der Waals surface area contributed by atoms with Gasteiger partial charge in [-0.2, -0.15) is 0 Å². The Morgan fingerprint density at radius 3 is 2.79 bits per heavy atom. The van der Waals surface area contributed by atoms with E-state index in [9.17, 15) is 0 Å². The normalized spacial score (nSPS) is 18.7. The van der Waals surface area contributed by atoms with Gasteiger partial charge < -0.3 is 5.32 Å². The van der Waals surface area contributed by atoms with Crippen molar-refractivity contribution in [2.75, 3.05) is 7.05 Å². The molecular weight excluding hydrogens is 234 g/mol. The molecular formula is C16H19N3. The molecule has 0 saturated heterocycles. The minimum atomic E-state index is 0.405. The van der Waals surface area contributed by atoms with Gasteiger partial charge in [0.25, 0.3) is 0 Å². The van der Waals surface area contributed by atoms with E-state index in [1.165, 1.54) is 30.5 Å². The summed E-state index contributed by atoms with van der Waals surface area (Å²) in [5.41, 5.74) is 3.58. The summed E-state index contributed by atoms with van der Waals surface area (Å²) in [6.07, 6.45) is 6.73. The Hall–Kier alpha value is -1.74. The van der Waals surface area contributed by atoms with Crippen LogP contribution >= 0.6 is 0 Å². The molecule has 19 heavy (non-hydrogen) atoms. The Labute approximate surface area is 114 Å². The number of hydrogen-bond donors (Lipinski definition) is 1. The minimum absolute atomic E-state index is 0.405. The first kappa shape index (κ1) is 12.3. The van der Waals surface area contributed by atoms with Gasteiger partial charge in [-0.25, -0.2) is 9.97 Å². The summed E-state index contributed by atoms with van der Waals surface area (Å²) in [5.74, 6) is 0.844. The highest BCUT2D eigenvalue weighted by Gasteiger charge is 2.19. The van der Waals surface area contributed by atoms with Crippen LogP contribution in [0, 0.1) is 0 Å². The van der Waals surface area contributed by atoms with Gasteiger partial charge in [-0.3, -0.25) is 0 Å². The molecule has 1 N–H and O–H groups in total. The van der Waals surface area contributed by atoms with Gasteiger partial charge in [0.15, 0.2) is 5.82 Å². The van der Waals surface area contributed by atoms with Gasteiger partial charge in [0, 0.05) is 29.1 Å². The Kier molecular flexibility index (Phi) is 3.56. The van der Waals surface area contributed by atoms with E-state index >= 15 is 0 Å².